The minimum absolute atomic E-state index is 0.298. The molecule has 0 bridgehead atoms. The molecular weight excluding hydrogens is 327 g/mol. The number of benzene rings is 2. The van der Waals surface area contributed by atoms with Crippen molar-refractivity contribution in [2.24, 2.45) is 0 Å². The molecule has 0 aliphatic carbocycles. The van der Waals surface area contributed by atoms with Crippen molar-refractivity contribution in [1.82, 2.24) is 0 Å². The molecule has 0 N–H and O–H groups in total. The topological polar surface area (TPSA) is 26.3 Å². The fraction of sp³-hybridized carbons (Fsp3) is 0.0714. The van der Waals surface area contributed by atoms with Crippen LogP contribution < -0.4 is 4.74 Å². The van der Waals surface area contributed by atoms with Gasteiger partial charge in [0.1, 0.15) is 5.75 Å². The molecule has 0 spiro atoms. The Morgan fingerprint density at radius 1 is 1.12 bits per heavy atom. The Morgan fingerprint density at radius 3 is 2.41 bits per heavy atom. The molecule has 0 atom stereocenters. The van der Waals surface area contributed by atoms with Gasteiger partial charge in [0.15, 0.2) is 0 Å². The molecule has 0 heterocycles. The van der Waals surface area contributed by atoms with E-state index < -0.39 is 0 Å². The van der Waals surface area contributed by atoms with Gasteiger partial charge in [-0.1, -0.05) is 30.3 Å². The Kier molecular flexibility index (Phi) is 3.78. The molecule has 17 heavy (non-hydrogen) atoms. The number of esters is 1. The first-order valence-electron chi connectivity index (χ1n) is 5.20. The molecule has 0 saturated heterocycles. The molecular formula is C14H11IO2. The van der Waals surface area contributed by atoms with Crippen molar-refractivity contribution in [3.05, 3.63) is 52.1 Å². The van der Waals surface area contributed by atoms with Gasteiger partial charge in [0.2, 0.25) is 0 Å². The molecule has 0 unspecified atom stereocenters. The minimum Gasteiger partial charge on any atom is -0.427 e. The predicted octanol–water partition coefficient (Wildman–Crippen LogP) is 3.88. The molecule has 0 aromatic heterocycles. The van der Waals surface area contributed by atoms with Crippen LogP contribution in [0.1, 0.15) is 6.92 Å². The quantitative estimate of drug-likeness (QED) is 0.472. The van der Waals surface area contributed by atoms with E-state index in [9.17, 15) is 4.79 Å². The van der Waals surface area contributed by atoms with E-state index in [1.54, 1.807) is 0 Å². The largest absolute Gasteiger partial charge is 0.427 e. The molecule has 2 nitrogen and oxygen atoms in total. The van der Waals surface area contributed by atoms with Crippen LogP contribution in [-0.2, 0) is 4.79 Å². The third-order valence-corrected chi connectivity index (χ3v) is 3.18. The lowest BCUT2D eigenvalue weighted by atomic mass is 10.1. The number of carbonyl (C=O) groups excluding carboxylic acids is 1. The summed E-state index contributed by atoms with van der Waals surface area (Å²) in [5.74, 6) is 0.287. The van der Waals surface area contributed by atoms with Crippen molar-refractivity contribution >= 4 is 28.6 Å². The highest BCUT2D eigenvalue weighted by Gasteiger charge is 2.05. The van der Waals surface area contributed by atoms with Crippen LogP contribution in [0.2, 0.25) is 0 Å². The van der Waals surface area contributed by atoms with Crippen molar-refractivity contribution in [3.8, 4) is 16.9 Å². The lowest BCUT2D eigenvalue weighted by Crippen LogP contribution is -2.01. The summed E-state index contributed by atoms with van der Waals surface area (Å²) in [7, 11) is 0. The summed E-state index contributed by atoms with van der Waals surface area (Å²) in [6.07, 6.45) is 0. The maximum absolute atomic E-state index is 10.9. The Bertz CT molecular complexity index is 535. The van der Waals surface area contributed by atoms with E-state index in [0.29, 0.717) is 5.75 Å². The van der Waals surface area contributed by atoms with E-state index >= 15 is 0 Å². The summed E-state index contributed by atoms with van der Waals surface area (Å²) in [6.45, 7) is 1.40. The van der Waals surface area contributed by atoms with Crippen LogP contribution in [-0.4, -0.2) is 5.97 Å². The zero-order chi connectivity index (χ0) is 12.3. The SMILES string of the molecule is CC(=O)Oc1ccc(-c2ccccc2)c(I)c1. The zero-order valence-electron chi connectivity index (χ0n) is 9.31. The van der Waals surface area contributed by atoms with Crippen LogP contribution in [0.25, 0.3) is 11.1 Å². The van der Waals surface area contributed by atoms with E-state index in [4.69, 9.17) is 4.74 Å². The Labute approximate surface area is 114 Å². The smallest absolute Gasteiger partial charge is 0.308 e. The first kappa shape index (κ1) is 12.1. The first-order valence-corrected chi connectivity index (χ1v) is 6.28. The Balaban J connectivity index is 2.35. The van der Waals surface area contributed by atoms with Crippen LogP contribution >= 0.6 is 22.6 Å². The van der Waals surface area contributed by atoms with Crippen molar-refractivity contribution in [1.29, 1.82) is 0 Å². The maximum atomic E-state index is 10.9. The van der Waals surface area contributed by atoms with Crippen LogP contribution in [0.4, 0.5) is 0 Å². The van der Waals surface area contributed by atoms with E-state index in [1.807, 2.05) is 36.4 Å². The summed E-state index contributed by atoms with van der Waals surface area (Å²) in [5.41, 5.74) is 2.30. The van der Waals surface area contributed by atoms with Gasteiger partial charge in [-0.3, -0.25) is 4.79 Å². The fourth-order valence-corrected chi connectivity index (χ4v) is 2.38. The normalized spacial score (nSPS) is 10.0. The minimum atomic E-state index is -0.298. The van der Waals surface area contributed by atoms with Crippen LogP contribution in [0.3, 0.4) is 0 Å². The van der Waals surface area contributed by atoms with E-state index in [0.717, 1.165) is 14.7 Å². The monoisotopic (exact) mass is 338 g/mol. The maximum Gasteiger partial charge on any atom is 0.308 e. The average molecular weight is 338 g/mol. The molecule has 0 saturated carbocycles. The molecule has 0 radical (unpaired) electrons. The lowest BCUT2D eigenvalue weighted by Gasteiger charge is -2.07. The van der Waals surface area contributed by atoms with Gasteiger partial charge in [-0.2, -0.15) is 0 Å². The molecule has 3 heteroatoms. The first-order chi connectivity index (χ1) is 8.16. The van der Waals surface area contributed by atoms with Crippen LogP contribution in [0.15, 0.2) is 48.5 Å². The number of hydrogen-bond donors (Lipinski definition) is 0. The second-order valence-corrected chi connectivity index (χ2v) is 4.76. The van der Waals surface area contributed by atoms with E-state index in [1.165, 1.54) is 6.92 Å². The van der Waals surface area contributed by atoms with Gasteiger partial charge in [0.05, 0.1) is 0 Å². The number of hydrogen-bond acceptors (Lipinski definition) is 2. The van der Waals surface area contributed by atoms with Gasteiger partial charge in [-0.05, 0) is 51.9 Å². The highest BCUT2D eigenvalue weighted by atomic mass is 127. The zero-order valence-corrected chi connectivity index (χ0v) is 11.5. The average Bonchev–Trinajstić information content (AvgIpc) is 2.29. The number of carbonyl (C=O) groups is 1. The molecule has 2 aromatic carbocycles. The molecule has 2 rings (SSSR count). The van der Waals surface area contributed by atoms with Crippen LogP contribution in [0, 0.1) is 3.57 Å². The Morgan fingerprint density at radius 2 is 1.82 bits per heavy atom. The highest BCUT2D eigenvalue weighted by Crippen LogP contribution is 2.28. The summed E-state index contributed by atoms with van der Waals surface area (Å²) < 4.78 is 6.10. The third-order valence-electron chi connectivity index (χ3n) is 2.29. The van der Waals surface area contributed by atoms with E-state index in [2.05, 4.69) is 34.7 Å². The van der Waals surface area contributed by atoms with Crippen LogP contribution in [0.5, 0.6) is 5.75 Å². The van der Waals surface area contributed by atoms with Gasteiger partial charge < -0.3 is 4.74 Å². The molecule has 86 valence electrons. The van der Waals surface area contributed by atoms with Gasteiger partial charge in [0.25, 0.3) is 0 Å². The van der Waals surface area contributed by atoms with Gasteiger partial charge in [-0.15, -0.1) is 0 Å². The number of halogens is 1. The highest BCUT2D eigenvalue weighted by molar-refractivity contribution is 14.1. The summed E-state index contributed by atoms with van der Waals surface area (Å²) >= 11 is 2.24. The molecule has 0 aliphatic heterocycles. The second-order valence-electron chi connectivity index (χ2n) is 3.60. The standard InChI is InChI=1S/C14H11IO2/c1-10(16)17-12-7-8-13(14(15)9-12)11-5-3-2-4-6-11/h2-9H,1H3. The molecule has 2 aromatic rings. The number of rotatable bonds is 2. The third kappa shape index (κ3) is 3.06. The van der Waals surface area contributed by atoms with Crippen molar-refractivity contribution < 1.29 is 9.53 Å². The molecule has 0 aliphatic rings. The summed E-state index contributed by atoms with van der Waals surface area (Å²) in [6, 6.07) is 15.8. The number of ether oxygens (including phenoxy) is 1. The van der Waals surface area contributed by atoms with Crippen molar-refractivity contribution in [2.45, 2.75) is 6.92 Å². The molecule has 0 amide bonds. The molecule has 0 fully saturated rings. The van der Waals surface area contributed by atoms with Gasteiger partial charge in [0, 0.05) is 10.5 Å². The van der Waals surface area contributed by atoms with Crippen molar-refractivity contribution in [2.75, 3.05) is 0 Å². The lowest BCUT2D eigenvalue weighted by molar-refractivity contribution is -0.131. The van der Waals surface area contributed by atoms with Gasteiger partial charge in [-0.25, -0.2) is 0 Å². The Hall–Kier alpha value is -1.36. The summed E-state index contributed by atoms with van der Waals surface area (Å²) in [5, 5.41) is 0. The van der Waals surface area contributed by atoms with E-state index in [-0.39, 0.29) is 5.97 Å². The fourth-order valence-electron chi connectivity index (χ4n) is 1.58. The van der Waals surface area contributed by atoms with Gasteiger partial charge >= 0.3 is 5.97 Å². The summed E-state index contributed by atoms with van der Waals surface area (Å²) in [4.78, 5) is 10.9. The second kappa shape index (κ2) is 5.31. The van der Waals surface area contributed by atoms with Crippen molar-refractivity contribution in [3.63, 3.8) is 0 Å². The predicted molar refractivity (Wildman–Crippen MR) is 75.9 cm³/mol.